The van der Waals surface area contributed by atoms with E-state index in [0.29, 0.717) is 0 Å². The van der Waals surface area contributed by atoms with Crippen molar-refractivity contribution in [1.29, 1.82) is 0 Å². The molecule has 1 aliphatic heterocycles. The normalized spacial score (nSPS) is 15.3. The van der Waals surface area contributed by atoms with E-state index in [1.54, 1.807) is 12.5 Å². The van der Waals surface area contributed by atoms with Crippen LogP contribution in [0.1, 0.15) is 23.4 Å². The van der Waals surface area contributed by atoms with Crippen LogP contribution in [0.25, 0.3) is 11.0 Å². The number of fused-ring (bicyclic) bond motifs is 2. The van der Waals surface area contributed by atoms with Crippen LogP contribution in [-0.2, 0) is 13.0 Å². The highest BCUT2D eigenvalue weighted by Gasteiger charge is 2.21. The standard InChI is InChI=1S/C13H15N7/c1-8-10-6-20(4-2-3-11(10)18-17-8)13-9-5-16-19-12(9)14-7-15-13/h5,7H,2-4,6H2,1H3,(H,17,18)(H,14,15,16,19). The van der Waals surface area contributed by atoms with Crippen LogP contribution in [-0.4, -0.2) is 36.9 Å². The Hall–Kier alpha value is -2.44. The maximum atomic E-state index is 4.46. The van der Waals surface area contributed by atoms with Gasteiger partial charge < -0.3 is 4.90 Å². The van der Waals surface area contributed by atoms with Gasteiger partial charge in [0.2, 0.25) is 0 Å². The predicted octanol–water partition coefficient (Wildman–Crippen LogP) is 1.34. The van der Waals surface area contributed by atoms with E-state index in [9.17, 15) is 0 Å². The third-order valence-corrected chi connectivity index (χ3v) is 3.88. The maximum Gasteiger partial charge on any atom is 0.160 e. The Morgan fingerprint density at radius 1 is 1.25 bits per heavy atom. The van der Waals surface area contributed by atoms with E-state index in [-0.39, 0.29) is 0 Å². The summed E-state index contributed by atoms with van der Waals surface area (Å²) in [6, 6.07) is 0. The van der Waals surface area contributed by atoms with Crippen LogP contribution in [0.15, 0.2) is 12.5 Å². The first-order valence-electron chi connectivity index (χ1n) is 6.74. The third kappa shape index (κ3) is 1.66. The fourth-order valence-electron chi connectivity index (χ4n) is 2.81. The van der Waals surface area contributed by atoms with Gasteiger partial charge in [-0.2, -0.15) is 10.2 Å². The van der Waals surface area contributed by atoms with Crippen molar-refractivity contribution in [1.82, 2.24) is 30.4 Å². The fourth-order valence-corrected chi connectivity index (χ4v) is 2.81. The summed E-state index contributed by atoms with van der Waals surface area (Å²) in [5.74, 6) is 0.942. The van der Waals surface area contributed by atoms with Gasteiger partial charge in [0.1, 0.15) is 12.1 Å². The zero-order valence-corrected chi connectivity index (χ0v) is 11.2. The van der Waals surface area contributed by atoms with Crippen molar-refractivity contribution in [3.8, 4) is 0 Å². The lowest BCUT2D eigenvalue weighted by Crippen LogP contribution is -2.24. The largest absolute Gasteiger partial charge is 0.351 e. The number of hydrogen-bond acceptors (Lipinski definition) is 5. The van der Waals surface area contributed by atoms with E-state index in [1.807, 2.05) is 0 Å². The summed E-state index contributed by atoms with van der Waals surface area (Å²) in [6.45, 7) is 3.87. The minimum atomic E-state index is 0.781. The molecule has 0 radical (unpaired) electrons. The molecule has 0 saturated carbocycles. The summed E-state index contributed by atoms with van der Waals surface area (Å²) in [5, 5.41) is 15.4. The first-order chi connectivity index (χ1) is 9.83. The molecule has 4 heterocycles. The number of anilines is 1. The molecule has 0 fully saturated rings. The van der Waals surface area contributed by atoms with Gasteiger partial charge in [-0.1, -0.05) is 0 Å². The number of aromatic nitrogens is 6. The Kier molecular flexibility index (Phi) is 2.45. The van der Waals surface area contributed by atoms with Crippen molar-refractivity contribution in [2.75, 3.05) is 11.4 Å². The smallest absolute Gasteiger partial charge is 0.160 e. The monoisotopic (exact) mass is 269 g/mol. The summed E-state index contributed by atoms with van der Waals surface area (Å²) >= 11 is 0. The molecule has 0 spiro atoms. The molecule has 0 aromatic carbocycles. The lowest BCUT2D eigenvalue weighted by Gasteiger charge is -2.22. The van der Waals surface area contributed by atoms with Gasteiger partial charge >= 0.3 is 0 Å². The van der Waals surface area contributed by atoms with Crippen LogP contribution in [0.3, 0.4) is 0 Å². The Morgan fingerprint density at radius 2 is 2.20 bits per heavy atom. The van der Waals surface area contributed by atoms with E-state index in [0.717, 1.165) is 48.5 Å². The number of rotatable bonds is 1. The van der Waals surface area contributed by atoms with E-state index in [1.165, 1.54) is 11.3 Å². The molecule has 7 nitrogen and oxygen atoms in total. The molecule has 2 N–H and O–H groups in total. The molecule has 0 amide bonds. The minimum absolute atomic E-state index is 0.781. The van der Waals surface area contributed by atoms with Crippen molar-refractivity contribution < 1.29 is 0 Å². The van der Waals surface area contributed by atoms with Crippen molar-refractivity contribution in [3.05, 3.63) is 29.5 Å². The predicted molar refractivity (Wildman–Crippen MR) is 74.4 cm³/mol. The van der Waals surface area contributed by atoms with Crippen LogP contribution >= 0.6 is 0 Å². The van der Waals surface area contributed by atoms with Crippen molar-refractivity contribution in [3.63, 3.8) is 0 Å². The summed E-state index contributed by atoms with van der Waals surface area (Å²) < 4.78 is 0. The summed E-state index contributed by atoms with van der Waals surface area (Å²) in [6.07, 6.45) is 5.46. The van der Waals surface area contributed by atoms with Gasteiger partial charge in [0.05, 0.1) is 17.3 Å². The average molecular weight is 269 g/mol. The molecule has 4 rings (SSSR count). The number of aromatic amines is 2. The molecular weight excluding hydrogens is 254 g/mol. The first-order valence-corrected chi connectivity index (χ1v) is 6.74. The van der Waals surface area contributed by atoms with Gasteiger partial charge in [-0.15, -0.1) is 0 Å². The van der Waals surface area contributed by atoms with Crippen LogP contribution < -0.4 is 4.90 Å². The quantitative estimate of drug-likeness (QED) is 0.696. The SMILES string of the molecule is Cc1[nH]nc2c1CN(c1ncnc3[nH]ncc13)CCC2. The maximum absolute atomic E-state index is 4.46. The first kappa shape index (κ1) is 11.4. The van der Waals surface area contributed by atoms with Gasteiger partial charge in [-0.05, 0) is 19.8 Å². The molecular formula is C13H15N7. The van der Waals surface area contributed by atoms with Crippen molar-refractivity contribution >= 4 is 16.9 Å². The fraction of sp³-hybridized carbons (Fsp3) is 0.385. The summed E-state index contributed by atoms with van der Waals surface area (Å²) in [4.78, 5) is 10.9. The Labute approximate surface area is 115 Å². The molecule has 3 aromatic rings. The second-order valence-electron chi connectivity index (χ2n) is 5.13. The number of H-pyrrole nitrogens is 2. The summed E-state index contributed by atoms with van der Waals surface area (Å²) in [5.41, 5.74) is 4.40. The molecule has 102 valence electrons. The highest BCUT2D eigenvalue weighted by molar-refractivity contribution is 5.86. The molecule has 20 heavy (non-hydrogen) atoms. The summed E-state index contributed by atoms with van der Waals surface area (Å²) in [7, 11) is 0. The Bertz CT molecular complexity index is 757. The zero-order valence-electron chi connectivity index (χ0n) is 11.2. The highest BCUT2D eigenvalue weighted by atomic mass is 15.2. The lowest BCUT2D eigenvalue weighted by molar-refractivity contribution is 0.744. The minimum Gasteiger partial charge on any atom is -0.351 e. The molecule has 0 atom stereocenters. The number of nitrogens with one attached hydrogen (secondary N) is 2. The van der Waals surface area contributed by atoms with Gasteiger partial charge in [0.15, 0.2) is 5.65 Å². The second kappa shape index (κ2) is 4.29. The van der Waals surface area contributed by atoms with Gasteiger partial charge in [0.25, 0.3) is 0 Å². The Balaban J connectivity index is 1.79. The van der Waals surface area contributed by atoms with Crippen molar-refractivity contribution in [2.45, 2.75) is 26.3 Å². The van der Waals surface area contributed by atoms with E-state index in [2.05, 4.69) is 42.2 Å². The zero-order chi connectivity index (χ0) is 13.5. The van der Waals surface area contributed by atoms with Gasteiger partial charge in [-0.25, -0.2) is 9.97 Å². The molecule has 0 bridgehead atoms. The number of hydrogen-bond donors (Lipinski definition) is 2. The molecule has 7 heteroatoms. The van der Waals surface area contributed by atoms with Crippen LogP contribution in [0, 0.1) is 6.92 Å². The molecule has 0 unspecified atom stereocenters. The topological polar surface area (TPSA) is 86.4 Å². The van der Waals surface area contributed by atoms with Crippen molar-refractivity contribution in [2.24, 2.45) is 0 Å². The highest BCUT2D eigenvalue weighted by Crippen LogP contribution is 2.27. The van der Waals surface area contributed by atoms with Gasteiger partial charge in [-0.3, -0.25) is 10.2 Å². The van der Waals surface area contributed by atoms with E-state index in [4.69, 9.17) is 0 Å². The molecule has 1 aliphatic rings. The molecule has 3 aromatic heterocycles. The van der Waals surface area contributed by atoms with Gasteiger partial charge in [0, 0.05) is 24.3 Å². The average Bonchev–Trinajstić information content (AvgIpc) is 3.00. The van der Waals surface area contributed by atoms with Crippen LogP contribution in [0.4, 0.5) is 5.82 Å². The van der Waals surface area contributed by atoms with Crippen LogP contribution in [0.2, 0.25) is 0 Å². The number of aryl methyl sites for hydroxylation is 2. The Morgan fingerprint density at radius 3 is 3.15 bits per heavy atom. The second-order valence-corrected chi connectivity index (χ2v) is 5.13. The lowest BCUT2D eigenvalue weighted by atomic mass is 10.1. The van der Waals surface area contributed by atoms with Crippen LogP contribution in [0.5, 0.6) is 0 Å². The van der Waals surface area contributed by atoms with E-state index < -0.39 is 0 Å². The molecule has 0 aliphatic carbocycles. The number of nitrogens with zero attached hydrogens (tertiary/aromatic N) is 5. The molecule has 0 saturated heterocycles. The van der Waals surface area contributed by atoms with E-state index >= 15 is 0 Å². The third-order valence-electron chi connectivity index (χ3n) is 3.88.